The summed E-state index contributed by atoms with van der Waals surface area (Å²) < 4.78 is 35.4. The highest BCUT2D eigenvalue weighted by molar-refractivity contribution is 7.72. The van der Waals surface area contributed by atoms with Crippen LogP contribution in [0.3, 0.4) is 0 Å². The minimum absolute atomic E-state index is 0.630. The fourth-order valence-corrected chi connectivity index (χ4v) is 4.06. The highest BCUT2D eigenvalue weighted by atomic mass is 31.2. The topological polar surface area (TPSA) is 222 Å². The molecular formula is C8H18N2O11P3+. The van der Waals surface area contributed by atoms with Gasteiger partial charge in [0.25, 0.3) is 0 Å². The predicted octanol–water partition coefficient (Wildman–Crippen LogP) is -2.34. The molecule has 0 saturated carbocycles. The SMILES string of the molecule is CC(O)(C[n+]1ccn(CC(O)(P(=O)(O)O)P(=O)(O)O)c1)P(=O)(O)O. The van der Waals surface area contributed by atoms with E-state index in [1.165, 1.54) is 0 Å². The summed E-state index contributed by atoms with van der Waals surface area (Å²) in [5.41, 5.74) is 0. The quantitative estimate of drug-likeness (QED) is 0.175. The standard InChI is InChI=1S/C8H17N2O11P3/c1-7(11,22(13,14)15)4-9-2-3-10(6-9)5-8(12,23(16,17)18)24(19,20)21/h2-3,6,11-12H,4-5H2,1H3,(H5-,13,14,15,16,17,18,19,20,21)/p+1. The number of aliphatic hydroxyl groups is 2. The highest BCUT2D eigenvalue weighted by Crippen LogP contribution is 2.67. The number of rotatable bonds is 7. The number of aromatic nitrogens is 2. The Bertz CT molecular complexity index is 718. The van der Waals surface area contributed by atoms with Gasteiger partial charge in [0.2, 0.25) is 11.7 Å². The first-order valence-corrected chi connectivity index (χ1v) is 10.9. The van der Waals surface area contributed by atoms with Gasteiger partial charge in [-0.2, -0.15) is 0 Å². The van der Waals surface area contributed by atoms with Crippen molar-refractivity contribution in [1.29, 1.82) is 0 Å². The van der Waals surface area contributed by atoms with Crippen LogP contribution in [-0.4, -0.2) is 54.6 Å². The second-order valence-corrected chi connectivity index (χ2v) is 11.4. The molecule has 0 aromatic carbocycles. The zero-order valence-electron chi connectivity index (χ0n) is 12.2. The third-order valence-corrected chi connectivity index (χ3v) is 8.29. The lowest BCUT2D eigenvalue weighted by molar-refractivity contribution is -0.705. The zero-order valence-corrected chi connectivity index (χ0v) is 14.9. The van der Waals surface area contributed by atoms with E-state index in [-0.39, 0.29) is 0 Å². The van der Waals surface area contributed by atoms with Crippen molar-refractivity contribution in [2.24, 2.45) is 0 Å². The van der Waals surface area contributed by atoms with E-state index in [4.69, 9.17) is 29.4 Å². The maximum absolute atomic E-state index is 11.3. The minimum atomic E-state index is -5.64. The second-order valence-electron chi connectivity index (χ2n) is 5.38. The summed E-state index contributed by atoms with van der Waals surface area (Å²) in [6.45, 7) is -0.971. The highest BCUT2D eigenvalue weighted by Gasteiger charge is 2.61. The van der Waals surface area contributed by atoms with Gasteiger partial charge in [0, 0.05) is 0 Å². The van der Waals surface area contributed by atoms with Crippen molar-refractivity contribution in [1.82, 2.24) is 4.57 Å². The summed E-state index contributed by atoms with van der Waals surface area (Å²) in [4.78, 5) is 54.2. The van der Waals surface area contributed by atoms with Crippen LogP contribution in [0.2, 0.25) is 0 Å². The largest absolute Gasteiger partial charge is 0.375 e. The average Bonchev–Trinajstić information content (AvgIpc) is 2.70. The molecule has 1 atom stereocenters. The molecule has 1 rings (SSSR count). The van der Waals surface area contributed by atoms with Gasteiger partial charge in [-0.1, -0.05) is 0 Å². The minimum Gasteiger partial charge on any atom is -0.375 e. The molecule has 24 heavy (non-hydrogen) atoms. The van der Waals surface area contributed by atoms with Gasteiger partial charge in [0.15, 0.2) is 0 Å². The summed E-state index contributed by atoms with van der Waals surface area (Å²) in [7, 11) is -16.2. The molecule has 0 fully saturated rings. The molecule has 0 radical (unpaired) electrons. The van der Waals surface area contributed by atoms with Gasteiger partial charge < -0.3 is 39.6 Å². The molecule has 13 nitrogen and oxygen atoms in total. The van der Waals surface area contributed by atoms with Crippen LogP contribution in [-0.2, 0) is 26.8 Å². The molecule has 0 saturated heterocycles. The lowest BCUT2D eigenvalue weighted by Gasteiger charge is -2.27. The summed E-state index contributed by atoms with van der Waals surface area (Å²) in [6, 6.07) is 0. The Balaban J connectivity index is 3.12. The molecule has 0 bridgehead atoms. The van der Waals surface area contributed by atoms with Crippen molar-refractivity contribution in [3.05, 3.63) is 18.7 Å². The van der Waals surface area contributed by atoms with Crippen molar-refractivity contribution in [3.63, 3.8) is 0 Å². The molecule has 0 amide bonds. The van der Waals surface area contributed by atoms with E-state index in [0.717, 1.165) is 34.8 Å². The number of imidazole rings is 1. The smallest absolute Gasteiger partial charge is 0.373 e. The Labute approximate surface area is 135 Å². The van der Waals surface area contributed by atoms with Crippen molar-refractivity contribution in [2.75, 3.05) is 0 Å². The van der Waals surface area contributed by atoms with E-state index in [1.54, 1.807) is 0 Å². The summed E-state index contributed by atoms with van der Waals surface area (Å²) in [5.74, 6) is 0. The number of hydrogen-bond acceptors (Lipinski definition) is 5. The molecule has 0 aliphatic carbocycles. The first-order chi connectivity index (χ1) is 10.4. The van der Waals surface area contributed by atoms with Gasteiger partial charge in [-0.25, -0.2) is 9.13 Å². The zero-order chi connectivity index (χ0) is 19.2. The summed E-state index contributed by atoms with van der Waals surface area (Å²) in [6.07, 6.45) is 3.09. The summed E-state index contributed by atoms with van der Waals surface area (Å²) >= 11 is 0. The van der Waals surface area contributed by atoms with Gasteiger partial charge in [-0.15, -0.1) is 0 Å². The first kappa shape index (κ1) is 21.6. The molecular weight excluding hydrogens is 393 g/mol. The predicted molar refractivity (Wildman–Crippen MR) is 76.3 cm³/mol. The van der Waals surface area contributed by atoms with E-state index in [0.29, 0.717) is 0 Å². The number of nitrogens with zero attached hydrogens (tertiary/aromatic N) is 2. The molecule has 1 aromatic rings. The van der Waals surface area contributed by atoms with Crippen LogP contribution >= 0.6 is 22.8 Å². The Morgan fingerprint density at radius 3 is 1.79 bits per heavy atom. The van der Waals surface area contributed by atoms with Gasteiger partial charge in [-0.05, 0) is 6.92 Å². The molecule has 0 spiro atoms. The molecule has 1 unspecified atom stereocenters. The molecule has 16 heteroatoms. The van der Waals surface area contributed by atoms with E-state index in [9.17, 15) is 23.9 Å². The monoisotopic (exact) mass is 411 g/mol. The van der Waals surface area contributed by atoms with Crippen molar-refractivity contribution < 1.29 is 57.8 Å². The lowest BCUT2D eigenvalue weighted by atomic mass is 10.4. The third-order valence-electron chi connectivity index (χ3n) is 3.18. The Morgan fingerprint density at radius 2 is 1.42 bits per heavy atom. The Kier molecular flexibility index (Phi) is 5.75. The van der Waals surface area contributed by atoms with Crippen LogP contribution in [0, 0.1) is 0 Å². The average molecular weight is 411 g/mol. The van der Waals surface area contributed by atoms with Crippen LogP contribution in [0.1, 0.15) is 6.92 Å². The van der Waals surface area contributed by atoms with Gasteiger partial charge in [0.05, 0.1) is 0 Å². The Hall–Kier alpha value is -0.420. The second kappa shape index (κ2) is 6.39. The van der Waals surface area contributed by atoms with Crippen LogP contribution in [0.4, 0.5) is 0 Å². The van der Waals surface area contributed by atoms with Crippen molar-refractivity contribution in [3.8, 4) is 0 Å². The Morgan fingerprint density at radius 1 is 0.958 bits per heavy atom. The first-order valence-electron chi connectivity index (χ1n) is 6.07. The fourth-order valence-electron chi connectivity index (χ4n) is 1.66. The molecule has 1 aromatic heterocycles. The molecule has 1 heterocycles. The third kappa shape index (κ3) is 4.40. The van der Waals surface area contributed by atoms with Gasteiger partial charge in [0.1, 0.15) is 25.5 Å². The van der Waals surface area contributed by atoms with Crippen LogP contribution < -0.4 is 4.57 Å². The molecule has 0 aliphatic heterocycles. The normalized spacial score (nSPS) is 16.9. The van der Waals surface area contributed by atoms with Crippen molar-refractivity contribution in [2.45, 2.75) is 30.4 Å². The van der Waals surface area contributed by atoms with Crippen LogP contribution in [0.15, 0.2) is 18.7 Å². The van der Waals surface area contributed by atoms with Gasteiger partial charge in [-0.3, -0.25) is 13.7 Å². The van der Waals surface area contributed by atoms with E-state index < -0.39 is 46.3 Å². The molecule has 140 valence electrons. The van der Waals surface area contributed by atoms with Crippen molar-refractivity contribution >= 4 is 22.8 Å². The van der Waals surface area contributed by atoms with E-state index in [2.05, 4.69) is 0 Å². The summed E-state index contributed by atoms with van der Waals surface area (Å²) in [5, 5.41) is 13.4. The maximum atomic E-state index is 11.3. The maximum Gasteiger partial charge on any atom is 0.373 e. The van der Waals surface area contributed by atoms with E-state index >= 15 is 0 Å². The molecule has 8 N–H and O–H groups in total. The van der Waals surface area contributed by atoms with E-state index in [1.807, 2.05) is 0 Å². The van der Waals surface area contributed by atoms with Crippen LogP contribution in [0.5, 0.6) is 0 Å². The number of hydrogen-bond donors (Lipinski definition) is 8. The van der Waals surface area contributed by atoms with Crippen LogP contribution in [0.25, 0.3) is 0 Å². The lowest BCUT2D eigenvalue weighted by Crippen LogP contribution is -2.45. The fraction of sp³-hybridized carbons (Fsp3) is 0.625. The molecule has 0 aliphatic rings. The van der Waals surface area contributed by atoms with Gasteiger partial charge >= 0.3 is 27.9 Å².